The number of nitrogens with zero attached hydrogens (tertiary/aromatic N) is 1. The average molecular weight is 368 g/mol. The molecule has 5 nitrogen and oxygen atoms in total. The van der Waals surface area contributed by atoms with Gasteiger partial charge in [-0.05, 0) is 31.0 Å². The Bertz CT molecular complexity index is 1060. The van der Waals surface area contributed by atoms with E-state index in [0.29, 0.717) is 17.5 Å². The molecule has 0 aliphatic rings. The minimum Gasteiger partial charge on any atom is -0.380 e. The standard InChI is InChI=1S/C20H20N2O3S/c1-3-12-26(23,24)25-20-16-6-4-5-7-18(16)22-19(20)17(13-21)15-10-8-14(2)9-11-15/h4-11,17,22H,3,12H2,1-2H3. The molecule has 1 aromatic heterocycles. The fraction of sp³-hybridized carbons (Fsp3) is 0.250. The monoisotopic (exact) mass is 368 g/mol. The molecule has 0 radical (unpaired) electrons. The van der Waals surface area contributed by atoms with Gasteiger partial charge >= 0.3 is 10.1 Å². The first-order valence-corrected chi connectivity index (χ1v) is 10.0. The lowest BCUT2D eigenvalue weighted by atomic mass is 9.96. The molecule has 3 aromatic rings. The Hall–Kier alpha value is -2.78. The first-order valence-electron chi connectivity index (χ1n) is 8.44. The highest BCUT2D eigenvalue weighted by atomic mass is 32.2. The van der Waals surface area contributed by atoms with Crippen molar-refractivity contribution in [3.63, 3.8) is 0 Å². The number of H-pyrrole nitrogens is 1. The van der Waals surface area contributed by atoms with Crippen LogP contribution in [0.4, 0.5) is 0 Å². The van der Waals surface area contributed by atoms with Crippen molar-refractivity contribution < 1.29 is 12.6 Å². The van der Waals surface area contributed by atoms with Gasteiger partial charge in [0.25, 0.3) is 0 Å². The van der Waals surface area contributed by atoms with E-state index in [9.17, 15) is 13.7 Å². The lowest BCUT2D eigenvalue weighted by Crippen LogP contribution is -2.14. The fourth-order valence-corrected chi connectivity index (χ4v) is 3.93. The average Bonchev–Trinajstić information content (AvgIpc) is 2.95. The second-order valence-corrected chi connectivity index (χ2v) is 7.92. The van der Waals surface area contributed by atoms with Crippen LogP contribution in [-0.2, 0) is 10.1 Å². The van der Waals surface area contributed by atoms with Gasteiger partial charge in [0.1, 0.15) is 5.92 Å². The third-order valence-corrected chi connectivity index (χ3v) is 5.51. The number of aromatic amines is 1. The predicted octanol–water partition coefficient (Wildman–Crippen LogP) is 4.25. The molecule has 6 heteroatoms. The third kappa shape index (κ3) is 3.58. The van der Waals surface area contributed by atoms with Crippen molar-refractivity contribution in [2.75, 3.05) is 5.75 Å². The molecule has 1 heterocycles. The molecular formula is C20H20N2O3S. The topological polar surface area (TPSA) is 82.9 Å². The summed E-state index contributed by atoms with van der Waals surface area (Å²) in [6, 6.07) is 17.2. The van der Waals surface area contributed by atoms with Crippen molar-refractivity contribution in [2.24, 2.45) is 0 Å². The Kier molecular flexibility index (Phi) is 5.01. The molecule has 3 rings (SSSR count). The number of aromatic nitrogens is 1. The van der Waals surface area contributed by atoms with E-state index >= 15 is 0 Å². The van der Waals surface area contributed by atoms with E-state index in [2.05, 4.69) is 11.1 Å². The van der Waals surface area contributed by atoms with Crippen molar-refractivity contribution in [3.05, 3.63) is 65.4 Å². The first-order chi connectivity index (χ1) is 12.4. The van der Waals surface area contributed by atoms with Gasteiger partial charge in [-0.1, -0.05) is 48.9 Å². The van der Waals surface area contributed by atoms with Crippen LogP contribution in [0.3, 0.4) is 0 Å². The molecule has 2 aromatic carbocycles. The minimum absolute atomic E-state index is 0.0757. The van der Waals surface area contributed by atoms with Gasteiger partial charge in [-0.15, -0.1) is 0 Å². The minimum atomic E-state index is -3.73. The number of nitriles is 1. The summed E-state index contributed by atoms with van der Waals surface area (Å²) in [4.78, 5) is 3.18. The van der Waals surface area contributed by atoms with Crippen LogP contribution in [0.25, 0.3) is 10.9 Å². The van der Waals surface area contributed by atoms with E-state index in [0.717, 1.165) is 16.6 Å². The van der Waals surface area contributed by atoms with Crippen LogP contribution in [-0.4, -0.2) is 19.2 Å². The zero-order chi connectivity index (χ0) is 18.7. The van der Waals surface area contributed by atoms with Crippen LogP contribution in [0.15, 0.2) is 48.5 Å². The SMILES string of the molecule is CCCS(=O)(=O)Oc1c(C(C#N)c2ccc(C)cc2)[nH]c2ccccc12. The molecular weight excluding hydrogens is 348 g/mol. The molecule has 0 aliphatic carbocycles. The Morgan fingerprint density at radius 3 is 2.50 bits per heavy atom. The lowest BCUT2D eigenvalue weighted by Gasteiger charge is -2.12. The number of nitrogens with one attached hydrogen (secondary N) is 1. The van der Waals surface area contributed by atoms with E-state index in [1.54, 1.807) is 13.0 Å². The number of para-hydroxylation sites is 1. The first kappa shape index (κ1) is 18.0. The number of rotatable bonds is 6. The molecule has 0 saturated heterocycles. The maximum absolute atomic E-state index is 12.3. The Balaban J connectivity index is 2.16. The summed E-state index contributed by atoms with van der Waals surface area (Å²) in [6.45, 7) is 3.75. The van der Waals surface area contributed by atoms with E-state index in [1.165, 1.54) is 0 Å². The molecule has 0 bridgehead atoms. The number of hydrogen-bond acceptors (Lipinski definition) is 4. The molecule has 1 unspecified atom stereocenters. The lowest BCUT2D eigenvalue weighted by molar-refractivity contribution is 0.484. The van der Waals surface area contributed by atoms with Gasteiger partial charge in [-0.25, -0.2) is 0 Å². The van der Waals surface area contributed by atoms with Crippen LogP contribution in [0.1, 0.15) is 36.1 Å². The van der Waals surface area contributed by atoms with Gasteiger partial charge < -0.3 is 9.17 Å². The predicted molar refractivity (Wildman–Crippen MR) is 102 cm³/mol. The van der Waals surface area contributed by atoms with E-state index in [-0.39, 0.29) is 11.5 Å². The zero-order valence-electron chi connectivity index (χ0n) is 14.7. The van der Waals surface area contributed by atoms with Crippen LogP contribution < -0.4 is 4.18 Å². The van der Waals surface area contributed by atoms with Gasteiger partial charge in [0, 0.05) is 10.9 Å². The number of fused-ring (bicyclic) bond motifs is 1. The molecule has 0 amide bonds. The van der Waals surface area contributed by atoms with Crippen LogP contribution in [0, 0.1) is 18.3 Å². The normalized spacial score (nSPS) is 12.7. The van der Waals surface area contributed by atoms with Gasteiger partial charge in [0.05, 0.1) is 17.5 Å². The summed E-state index contributed by atoms with van der Waals surface area (Å²) in [7, 11) is -3.73. The molecule has 0 aliphatic heterocycles. The Morgan fingerprint density at radius 2 is 1.85 bits per heavy atom. The maximum atomic E-state index is 12.3. The molecule has 134 valence electrons. The van der Waals surface area contributed by atoms with E-state index < -0.39 is 16.0 Å². The van der Waals surface area contributed by atoms with Gasteiger partial charge in [0.15, 0.2) is 5.75 Å². The summed E-state index contributed by atoms with van der Waals surface area (Å²) in [5.41, 5.74) is 3.06. The molecule has 1 N–H and O–H groups in total. The largest absolute Gasteiger partial charge is 0.380 e. The number of benzene rings is 2. The van der Waals surface area contributed by atoms with Crippen molar-refractivity contribution in [3.8, 4) is 11.8 Å². The molecule has 0 spiro atoms. The van der Waals surface area contributed by atoms with Crippen LogP contribution >= 0.6 is 0 Å². The molecule has 26 heavy (non-hydrogen) atoms. The summed E-state index contributed by atoms with van der Waals surface area (Å²) < 4.78 is 30.0. The van der Waals surface area contributed by atoms with Gasteiger partial charge in [-0.2, -0.15) is 13.7 Å². The molecule has 0 fully saturated rings. The van der Waals surface area contributed by atoms with Crippen molar-refractivity contribution in [1.82, 2.24) is 4.98 Å². The second-order valence-electron chi connectivity index (χ2n) is 6.23. The quantitative estimate of drug-likeness (QED) is 0.659. The van der Waals surface area contributed by atoms with Crippen LogP contribution in [0.5, 0.6) is 5.75 Å². The summed E-state index contributed by atoms with van der Waals surface area (Å²) >= 11 is 0. The highest BCUT2D eigenvalue weighted by molar-refractivity contribution is 7.87. The van der Waals surface area contributed by atoms with Crippen LogP contribution in [0.2, 0.25) is 0 Å². The number of aryl methyl sites for hydroxylation is 1. The van der Waals surface area contributed by atoms with E-state index in [1.807, 2.05) is 49.4 Å². The fourth-order valence-electron chi connectivity index (χ4n) is 2.91. The van der Waals surface area contributed by atoms with Crippen molar-refractivity contribution in [2.45, 2.75) is 26.2 Å². The van der Waals surface area contributed by atoms with Gasteiger partial charge in [-0.3, -0.25) is 0 Å². The Labute approximate surface area is 153 Å². The summed E-state index contributed by atoms with van der Waals surface area (Å²) in [5, 5.41) is 10.4. The smallest absolute Gasteiger partial charge is 0.309 e. The highest BCUT2D eigenvalue weighted by Crippen LogP contribution is 2.38. The molecule has 0 saturated carbocycles. The molecule has 1 atom stereocenters. The third-order valence-electron chi connectivity index (χ3n) is 4.18. The maximum Gasteiger partial charge on any atom is 0.309 e. The number of hydrogen-bond donors (Lipinski definition) is 1. The second kappa shape index (κ2) is 7.22. The van der Waals surface area contributed by atoms with E-state index in [4.69, 9.17) is 4.18 Å². The zero-order valence-corrected chi connectivity index (χ0v) is 15.5. The van der Waals surface area contributed by atoms with Crippen molar-refractivity contribution in [1.29, 1.82) is 5.26 Å². The Morgan fingerprint density at radius 1 is 1.15 bits per heavy atom. The highest BCUT2D eigenvalue weighted by Gasteiger charge is 2.26. The van der Waals surface area contributed by atoms with Crippen molar-refractivity contribution >= 4 is 21.0 Å². The summed E-state index contributed by atoms with van der Waals surface area (Å²) in [6.07, 6.45) is 0.458. The van der Waals surface area contributed by atoms with Gasteiger partial charge in [0.2, 0.25) is 0 Å². The summed E-state index contributed by atoms with van der Waals surface area (Å²) in [5.74, 6) is -0.524.